The number of benzene rings is 1. The van der Waals surface area contributed by atoms with Gasteiger partial charge in [-0.05, 0) is 37.4 Å². The summed E-state index contributed by atoms with van der Waals surface area (Å²) in [5, 5.41) is 7.59. The van der Waals surface area contributed by atoms with E-state index >= 15 is 0 Å². The summed E-state index contributed by atoms with van der Waals surface area (Å²) in [6, 6.07) is 10.5. The fraction of sp³-hybridized carbons (Fsp3) is 0.500. The SMILES string of the molecule is CCC1CCNC(c2nc(CSc3ccccc3)no2)C1. The van der Waals surface area contributed by atoms with Gasteiger partial charge in [-0.2, -0.15) is 4.98 Å². The van der Waals surface area contributed by atoms with E-state index in [1.165, 1.54) is 17.7 Å². The molecular formula is C16H21N3OS. The molecule has 2 atom stereocenters. The van der Waals surface area contributed by atoms with Gasteiger partial charge in [-0.3, -0.25) is 0 Å². The van der Waals surface area contributed by atoms with Crippen molar-refractivity contribution in [2.75, 3.05) is 6.54 Å². The fourth-order valence-electron chi connectivity index (χ4n) is 2.69. The van der Waals surface area contributed by atoms with Crippen LogP contribution >= 0.6 is 11.8 Å². The van der Waals surface area contributed by atoms with Gasteiger partial charge in [-0.25, -0.2) is 0 Å². The summed E-state index contributed by atoms with van der Waals surface area (Å²) in [6.45, 7) is 3.29. The average molecular weight is 303 g/mol. The molecule has 0 radical (unpaired) electrons. The Balaban J connectivity index is 1.58. The quantitative estimate of drug-likeness (QED) is 0.851. The van der Waals surface area contributed by atoms with Crippen LogP contribution in [0, 0.1) is 5.92 Å². The van der Waals surface area contributed by atoms with E-state index < -0.39 is 0 Å². The molecule has 1 aromatic heterocycles. The molecule has 2 heterocycles. The second-order valence-corrected chi connectivity index (χ2v) is 6.50. The second-order valence-electron chi connectivity index (χ2n) is 5.46. The lowest BCUT2D eigenvalue weighted by Crippen LogP contribution is -2.31. The second kappa shape index (κ2) is 7.09. The highest BCUT2D eigenvalue weighted by molar-refractivity contribution is 7.98. The third-order valence-electron chi connectivity index (χ3n) is 3.98. The smallest absolute Gasteiger partial charge is 0.243 e. The van der Waals surface area contributed by atoms with Crippen LogP contribution < -0.4 is 5.32 Å². The van der Waals surface area contributed by atoms with Gasteiger partial charge in [0.1, 0.15) is 0 Å². The Morgan fingerprint density at radius 1 is 1.33 bits per heavy atom. The van der Waals surface area contributed by atoms with Crippen LogP contribution in [-0.2, 0) is 5.75 Å². The monoisotopic (exact) mass is 303 g/mol. The van der Waals surface area contributed by atoms with Gasteiger partial charge < -0.3 is 9.84 Å². The Labute approximate surface area is 129 Å². The molecule has 1 aliphatic heterocycles. The minimum atomic E-state index is 0.228. The van der Waals surface area contributed by atoms with Gasteiger partial charge in [0.2, 0.25) is 5.89 Å². The van der Waals surface area contributed by atoms with E-state index in [1.54, 1.807) is 11.8 Å². The Morgan fingerprint density at radius 2 is 2.19 bits per heavy atom. The summed E-state index contributed by atoms with van der Waals surface area (Å²) in [5.41, 5.74) is 0. The molecule has 1 fully saturated rings. The van der Waals surface area contributed by atoms with E-state index in [0.29, 0.717) is 0 Å². The van der Waals surface area contributed by atoms with Crippen molar-refractivity contribution in [1.29, 1.82) is 0 Å². The Hall–Kier alpha value is -1.33. The molecule has 0 amide bonds. The third kappa shape index (κ3) is 3.86. The Kier molecular flexibility index (Phi) is 4.93. The maximum Gasteiger partial charge on any atom is 0.243 e. The minimum absolute atomic E-state index is 0.228. The van der Waals surface area contributed by atoms with E-state index in [0.717, 1.165) is 36.4 Å². The van der Waals surface area contributed by atoms with E-state index in [2.05, 4.69) is 34.5 Å². The Bertz CT molecular complexity index is 558. The van der Waals surface area contributed by atoms with Gasteiger partial charge in [0.05, 0.1) is 11.8 Å². The first-order valence-corrected chi connectivity index (χ1v) is 8.57. The largest absolute Gasteiger partial charge is 0.338 e. The highest BCUT2D eigenvalue weighted by Gasteiger charge is 2.25. The maximum atomic E-state index is 5.45. The standard InChI is InChI=1S/C16H21N3OS/c1-2-12-8-9-17-14(10-12)16-18-15(19-20-16)11-21-13-6-4-3-5-7-13/h3-7,12,14,17H,2,8-11H2,1H3. The number of hydrogen-bond donors (Lipinski definition) is 1. The van der Waals surface area contributed by atoms with Crippen molar-refractivity contribution in [2.45, 2.75) is 42.9 Å². The minimum Gasteiger partial charge on any atom is -0.338 e. The first-order chi connectivity index (χ1) is 10.3. The third-order valence-corrected chi connectivity index (χ3v) is 4.99. The van der Waals surface area contributed by atoms with Gasteiger partial charge in [-0.15, -0.1) is 11.8 Å². The molecule has 2 unspecified atom stereocenters. The lowest BCUT2D eigenvalue weighted by molar-refractivity contribution is 0.245. The number of rotatable bonds is 5. The lowest BCUT2D eigenvalue weighted by atomic mass is 9.90. The highest BCUT2D eigenvalue weighted by Crippen LogP contribution is 2.29. The van der Waals surface area contributed by atoms with Gasteiger partial charge in [0.15, 0.2) is 5.82 Å². The first kappa shape index (κ1) is 14.6. The van der Waals surface area contributed by atoms with E-state index in [1.807, 2.05) is 18.2 Å². The van der Waals surface area contributed by atoms with E-state index in [4.69, 9.17) is 4.52 Å². The van der Waals surface area contributed by atoms with Gasteiger partial charge in [0, 0.05) is 4.90 Å². The van der Waals surface area contributed by atoms with Gasteiger partial charge in [-0.1, -0.05) is 36.7 Å². The van der Waals surface area contributed by atoms with Crippen LogP contribution in [0.3, 0.4) is 0 Å². The van der Waals surface area contributed by atoms with Crippen molar-refractivity contribution >= 4 is 11.8 Å². The van der Waals surface area contributed by atoms with Crippen LogP contribution in [0.1, 0.15) is 43.9 Å². The predicted molar refractivity (Wildman–Crippen MR) is 84.1 cm³/mol. The van der Waals surface area contributed by atoms with Crippen LogP contribution in [0.2, 0.25) is 0 Å². The molecule has 0 bridgehead atoms. The molecule has 4 nitrogen and oxygen atoms in total. The predicted octanol–water partition coefficient (Wildman–Crippen LogP) is 3.81. The molecule has 1 N–H and O–H groups in total. The lowest BCUT2D eigenvalue weighted by Gasteiger charge is -2.27. The highest BCUT2D eigenvalue weighted by atomic mass is 32.2. The summed E-state index contributed by atoms with van der Waals surface area (Å²) in [6.07, 6.45) is 3.57. The van der Waals surface area contributed by atoms with Crippen LogP contribution in [0.4, 0.5) is 0 Å². The molecule has 3 rings (SSSR count). The maximum absolute atomic E-state index is 5.45. The van der Waals surface area contributed by atoms with Crippen molar-refractivity contribution in [3.8, 4) is 0 Å². The molecule has 112 valence electrons. The number of piperidine rings is 1. The first-order valence-electron chi connectivity index (χ1n) is 7.59. The average Bonchev–Trinajstić information content (AvgIpc) is 3.03. The van der Waals surface area contributed by atoms with Gasteiger partial charge in [0.25, 0.3) is 0 Å². The molecule has 1 aromatic carbocycles. The van der Waals surface area contributed by atoms with Gasteiger partial charge >= 0.3 is 0 Å². The summed E-state index contributed by atoms with van der Waals surface area (Å²) >= 11 is 1.73. The van der Waals surface area contributed by atoms with Crippen molar-refractivity contribution in [3.63, 3.8) is 0 Å². The molecule has 0 spiro atoms. The molecule has 5 heteroatoms. The van der Waals surface area contributed by atoms with Crippen molar-refractivity contribution in [1.82, 2.24) is 15.5 Å². The topological polar surface area (TPSA) is 51.0 Å². The van der Waals surface area contributed by atoms with E-state index in [-0.39, 0.29) is 6.04 Å². The fourth-order valence-corrected chi connectivity index (χ4v) is 3.45. The summed E-state index contributed by atoms with van der Waals surface area (Å²) in [5.74, 6) is 3.04. The zero-order valence-corrected chi connectivity index (χ0v) is 13.1. The van der Waals surface area contributed by atoms with Crippen LogP contribution in [0.25, 0.3) is 0 Å². The van der Waals surface area contributed by atoms with Crippen molar-refractivity contribution in [3.05, 3.63) is 42.0 Å². The van der Waals surface area contributed by atoms with Crippen LogP contribution in [-0.4, -0.2) is 16.7 Å². The molecule has 0 saturated carbocycles. The van der Waals surface area contributed by atoms with Crippen molar-refractivity contribution in [2.24, 2.45) is 5.92 Å². The molecule has 1 aliphatic rings. The number of thioether (sulfide) groups is 1. The molecule has 21 heavy (non-hydrogen) atoms. The number of hydrogen-bond acceptors (Lipinski definition) is 5. The summed E-state index contributed by atoms with van der Waals surface area (Å²) in [7, 11) is 0. The van der Waals surface area contributed by atoms with E-state index in [9.17, 15) is 0 Å². The van der Waals surface area contributed by atoms with Crippen LogP contribution in [0.15, 0.2) is 39.8 Å². The number of aromatic nitrogens is 2. The zero-order valence-electron chi connectivity index (χ0n) is 12.3. The molecular weight excluding hydrogens is 282 g/mol. The molecule has 0 aliphatic carbocycles. The Morgan fingerprint density at radius 3 is 3.00 bits per heavy atom. The summed E-state index contributed by atoms with van der Waals surface area (Å²) < 4.78 is 5.45. The molecule has 2 aromatic rings. The number of nitrogens with zero attached hydrogens (tertiary/aromatic N) is 2. The molecule has 1 saturated heterocycles. The number of nitrogens with one attached hydrogen (secondary N) is 1. The van der Waals surface area contributed by atoms with Crippen molar-refractivity contribution < 1.29 is 4.52 Å². The summed E-state index contributed by atoms with van der Waals surface area (Å²) in [4.78, 5) is 5.78. The zero-order chi connectivity index (χ0) is 14.5. The normalized spacial score (nSPS) is 22.3. The van der Waals surface area contributed by atoms with Crippen LogP contribution in [0.5, 0.6) is 0 Å².